The van der Waals surface area contributed by atoms with Crippen LogP contribution in [0, 0.1) is 0 Å². The van der Waals surface area contributed by atoms with Gasteiger partial charge in [-0.2, -0.15) is 0 Å². The number of carbonyl (C=O) groups excluding carboxylic acids is 1. The van der Waals surface area contributed by atoms with Crippen molar-refractivity contribution in [2.75, 3.05) is 14.1 Å². The summed E-state index contributed by atoms with van der Waals surface area (Å²) >= 11 is 1.57. The Morgan fingerprint density at radius 2 is 1.79 bits per heavy atom. The van der Waals surface area contributed by atoms with E-state index in [4.69, 9.17) is 0 Å². The van der Waals surface area contributed by atoms with Crippen molar-refractivity contribution in [3.8, 4) is 5.69 Å². The van der Waals surface area contributed by atoms with Crippen LogP contribution in [-0.2, 0) is 5.75 Å². The maximum atomic E-state index is 11.9. The highest BCUT2D eigenvalue weighted by atomic mass is 32.2. The molecule has 0 radical (unpaired) electrons. The van der Waals surface area contributed by atoms with Gasteiger partial charge in [-0.25, -0.2) is 9.67 Å². The fourth-order valence-corrected chi connectivity index (χ4v) is 2.92. The van der Waals surface area contributed by atoms with Gasteiger partial charge in [0.05, 0.1) is 5.69 Å². The molecule has 24 heavy (non-hydrogen) atoms. The van der Waals surface area contributed by atoms with Crippen LogP contribution in [-0.4, -0.2) is 39.7 Å². The van der Waals surface area contributed by atoms with Gasteiger partial charge in [-0.05, 0) is 29.8 Å². The number of rotatable bonds is 5. The summed E-state index contributed by atoms with van der Waals surface area (Å²) in [6, 6.07) is 17.5. The fourth-order valence-electron chi connectivity index (χ4n) is 2.17. The molecule has 0 spiro atoms. The van der Waals surface area contributed by atoms with E-state index in [0.29, 0.717) is 5.56 Å². The zero-order valence-corrected chi connectivity index (χ0v) is 14.4. The molecule has 3 rings (SSSR count). The molecule has 0 aliphatic carbocycles. The number of aromatic nitrogens is 3. The molecular weight excluding hydrogens is 320 g/mol. The van der Waals surface area contributed by atoms with Gasteiger partial charge in [0, 0.05) is 25.4 Å². The molecule has 6 heteroatoms. The van der Waals surface area contributed by atoms with Gasteiger partial charge in [0.15, 0.2) is 0 Å². The summed E-state index contributed by atoms with van der Waals surface area (Å²) in [5, 5.41) is 5.20. The SMILES string of the molecule is CN(C)C(=O)c1ccc(CSc2ncn(-c3ccccc3)n2)cc1. The first kappa shape index (κ1) is 16.3. The summed E-state index contributed by atoms with van der Waals surface area (Å²) in [5.41, 5.74) is 2.81. The number of hydrogen-bond donors (Lipinski definition) is 0. The highest BCUT2D eigenvalue weighted by Crippen LogP contribution is 2.20. The van der Waals surface area contributed by atoms with Crippen LogP contribution >= 0.6 is 11.8 Å². The van der Waals surface area contributed by atoms with Crippen molar-refractivity contribution in [2.45, 2.75) is 10.9 Å². The Hall–Kier alpha value is -2.60. The standard InChI is InChI=1S/C18H18N4OS/c1-21(2)17(23)15-10-8-14(9-11-15)12-24-18-19-13-22(20-18)16-6-4-3-5-7-16/h3-11,13H,12H2,1-2H3. The average Bonchev–Trinajstić information content (AvgIpc) is 3.09. The molecule has 0 saturated carbocycles. The fraction of sp³-hybridized carbons (Fsp3) is 0.167. The van der Waals surface area contributed by atoms with Gasteiger partial charge in [0.25, 0.3) is 5.91 Å². The predicted molar refractivity (Wildman–Crippen MR) is 95.4 cm³/mol. The first-order valence-corrected chi connectivity index (χ1v) is 8.52. The van der Waals surface area contributed by atoms with Gasteiger partial charge in [-0.3, -0.25) is 4.79 Å². The second-order valence-corrected chi connectivity index (χ2v) is 6.43. The molecule has 0 bridgehead atoms. The molecule has 0 N–H and O–H groups in total. The van der Waals surface area contributed by atoms with Gasteiger partial charge < -0.3 is 4.90 Å². The van der Waals surface area contributed by atoms with Crippen LogP contribution in [0.25, 0.3) is 5.69 Å². The van der Waals surface area contributed by atoms with Crippen molar-refractivity contribution in [2.24, 2.45) is 0 Å². The summed E-state index contributed by atoms with van der Waals surface area (Å²) < 4.78 is 1.77. The van der Waals surface area contributed by atoms with Crippen molar-refractivity contribution in [1.29, 1.82) is 0 Å². The predicted octanol–water partition coefficient (Wildman–Crippen LogP) is 3.26. The lowest BCUT2D eigenvalue weighted by Crippen LogP contribution is -2.21. The third kappa shape index (κ3) is 3.83. The van der Waals surface area contributed by atoms with E-state index in [2.05, 4.69) is 10.1 Å². The number of para-hydroxylation sites is 1. The van der Waals surface area contributed by atoms with Gasteiger partial charge in [0.2, 0.25) is 5.16 Å². The maximum absolute atomic E-state index is 11.9. The number of hydrogen-bond acceptors (Lipinski definition) is 4. The minimum atomic E-state index is 0.0115. The average molecular weight is 338 g/mol. The lowest BCUT2D eigenvalue weighted by molar-refractivity contribution is 0.0827. The lowest BCUT2D eigenvalue weighted by atomic mass is 10.1. The molecule has 0 aliphatic rings. The van der Waals surface area contributed by atoms with Crippen molar-refractivity contribution >= 4 is 17.7 Å². The first-order chi connectivity index (χ1) is 11.6. The van der Waals surface area contributed by atoms with Gasteiger partial charge >= 0.3 is 0 Å². The Kier molecular flexibility index (Phi) is 4.96. The monoisotopic (exact) mass is 338 g/mol. The van der Waals surface area contributed by atoms with Gasteiger partial charge in [-0.15, -0.1) is 5.10 Å². The quantitative estimate of drug-likeness (QED) is 0.670. The molecule has 5 nitrogen and oxygen atoms in total. The highest BCUT2D eigenvalue weighted by molar-refractivity contribution is 7.98. The summed E-state index contributed by atoms with van der Waals surface area (Å²) in [7, 11) is 3.50. The van der Waals surface area contributed by atoms with Crippen LogP contribution in [0.5, 0.6) is 0 Å². The molecule has 0 saturated heterocycles. The lowest BCUT2D eigenvalue weighted by Gasteiger charge is -2.10. The van der Waals surface area contributed by atoms with Crippen LogP contribution in [0.1, 0.15) is 15.9 Å². The molecule has 3 aromatic rings. The molecule has 2 aromatic carbocycles. The molecule has 1 aromatic heterocycles. The van der Waals surface area contributed by atoms with Crippen molar-refractivity contribution < 1.29 is 4.79 Å². The van der Waals surface area contributed by atoms with E-state index in [1.807, 2.05) is 54.6 Å². The van der Waals surface area contributed by atoms with Gasteiger partial charge in [-0.1, -0.05) is 42.1 Å². The summed E-state index contributed by atoms with van der Waals surface area (Å²) in [6.07, 6.45) is 1.72. The van der Waals surface area contributed by atoms with Crippen LogP contribution in [0.15, 0.2) is 66.1 Å². The molecular formula is C18H18N4OS. The Labute approximate surface area is 145 Å². The van der Waals surface area contributed by atoms with E-state index in [1.165, 1.54) is 0 Å². The minimum Gasteiger partial charge on any atom is -0.345 e. The largest absolute Gasteiger partial charge is 0.345 e. The third-order valence-electron chi connectivity index (χ3n) is 3.47. The number of carbonyl (C=O) groups is 1. The zero-order chi connectivity index (χ0) is 16.9. The van der Waals surface area contributed by atoms with Crippen LogP contribution in [0.2, 0.25) is 0 Å². The Balaban J connectivity index is 1.62. The molecule has 0 aliphatic heterocycles. The van der Waals surface area contributed by atoms with Crippen LogP contribution in [0.3, 0.4) is 0 Å². The normalized spacial score (nSPS) is 10.6. The Morgan fingerprint density at radius 3 is 2.46 bits per heavy atom. The third-order valence-corrected chi connectivity index (χ3v) is 4.39. The van der Waals surface area contributed by atoms with Crippen LogP contribution < -0.4 is 0 Å². The van der Waals surface area contributed by atoms with E-state index in [0.717, 1.165) is 22.2 Å². The molecule has 1 heterocycles. The van der Waals surface area contributed by atoms with Crippen LogP contribution in [0.4, 0.5) is 0 Å². The maximum Gasteiger partial charge on any atom is 0.253 e. The molecule has 0 fully saturated rings. The smallest absolute Gasteiger partial charge is 0.253 e. The molecule has 0 unspecified atom stereocenters. The Bertz CT molecular complexity index is 813. The summed E-state index contributed by atoms with van der Waals surface area (Å²) in [4.78, 5) is 17.8. The second-order valence-electron chi connectivity index (χ2n) is 5.49. The van der Waals surface area contributed by atoms with Crippen molar-refractivity contribution in [3.05, 3.63) is 72.1 Å². The summed E-state index contributed by atoms with van der Waals surface area (Å²) in [6.45, 7) is 0. The number of thioether (sulfide) groups is 1. The van der Waals surface area contributed by atoms with Crippen molar-refractivity contribution in [3.63, 3.8) is 0 Å². The number of benzene rings is 2. The van der Waals surface area contributed by atoms with Gasteiger partial charge in [0.1, 0.15) is 6.33 Å². The molecule has 1 amide bonds. The highest BCUT2D eigenvalue weighted by Gasteiger charge is 2.08. The second kappa shape index (κ2) is 7.31. The van der Waals surface area contributed by atoms with E-state index in [1.54, 1.807) is 41.8 Å². The van der Waals surface area contributed by atoms with E-state index in [9.17, 15) is 4.79 Å². The first-order valence-electron chi connectivity index (χ1n) is 7.54. The number of amides is 1. The summed E-state index contributed by atoms with van der Waals surface area (Å²) in [5.74, 6) is 0.771. The Morgan fingerprint density at radius 1 is 1.08 bits per heavy atom. The van der Waals surface area contributed by atoms with Crippen molar-refractivity contribution in [1.82, 2.24) is 19.7 Å². The topological polar surface area (TPSA) is 51.0 Å². The van der Waals surface area contributed by atoms with E-state index >= 15 is 0 Å². The molecule has 122 valence electrons. The minimum absolute atomic E-state index is 0.0115. The zero-order valence-electron chi connectivity index (χ0n) is 13.6. The van der Waals surface area contributed by atoms with E-state index in [-0.39, 0.29) is 5.91 Å². The molecule has 0 atom stereocenters. The van der Waals surface area contributed by atoms with E-state index < -0.39 is 0 Å². The number of nitrogens with zero attached hydrogens (tertiary/aromatic N) is 4.